The Kier molecular flexibility index (Phi) is 6.54. The van der Waals surface area contributed by atoms with Crippen molar-refractivity contribution in [2.45, 2.75) is 45.1 Å². The van der Waals surface area contributed by atoms with E-state index in [1.165, 1.54) is 10.6 Å². The minimum atomic E-state index is -3.13. The van der Waals surface area contributed by atoms with Crippen molar-refractivity contribution in [3.8, 4) is 11.5 Å². The Hall–Kier alpha value is -2.57. The van der Waals surface area contributed by atoms with Crippen LogP contribution in [0.3, 0.4) is 0 Å². The first kappa shape index (κ1) is 23.2. The fourth-order valence-corrected chi connectivity index (χ4v) is 5.75. The summed E-state index contributed by atoms with van der Waals surface area (Å²) in [4.78, 5) is 9.38. The molecule has 0 aromatic carbocycles. The molecule has 2 aliphatic heterocycles. The molecule has 11 nitrogen and oxygen atoms in total. The fraction of sp³-hybridized carbons (Fsp3) is 0.636. The first-order valence-corrected chi connectivity index (χ1v) is 13.7. The van der Waals surface area contributed by atoms with Crippen LogP contribution < -0.4 is 5.32 Å². The third-order valence-electron chi connectivity index (χ3n) is 6.73. The van der Waals surface area contributed by atoms with E-state index in [1.807, 2.05) is 17.8 Å². The van der Waals surface area contributed by atoms with Crippen LogP contribution in [-0.2, 0) is 21.2 Å². The van der Waals surface area contributed by atoms with E-state index in [2.05, 4.69) is 20.6 Å². The molecular formula is C22H31N7O4S. The van der Waals surface area contributed by atoms with Crippen molar-refractivity contribution in [1.82, 2.24) is 29.2 Å². The van der Waals surface area contributed by atoms with Gasteiger partial charge in [-0.05, 0) is 38.5 Å². The van der Waals surface area contributed by atoms with Gasteiger partial charge in [0.15, 0.2) is 11.5 Å². The van der Waals surface area contributed by atoms with Gasteiger partial charge in [-0.2, -0.15) is 10.1 Å². The van der Waals surface area contributed by atoms with Crippen LogP contribution >= 0.6 is 0 Å². The van der Waals surface area contributed by atoms with Crippen molar-refractivity contribution in [2.75, 3.05) is 44.4 Å². The lowest BCUT2D eigenvalue weighted by atomic mass is 9.94. The van der Waals surface area contributed by atoms with Gasteiger partial charge < -0.3 is 14.6 Å². The molecule has 3 aromatic heterocycles. The summed E-state index contributed by atoms with van der Waals surface area (Å²) in [5, 5.41) is 13.2. The van der Waals surface area contributed by atoms with E-state index in [0.717, 1.165) is 67.7 Å². The SMILES string of the molecule is CCNc1c(-c2nc(CC3CCN(S(C)(=O)=O)CC3)no2)cnc2c1cnn2C1CCOCC1. The molecule has 2 fully saturated rings. The molecule has 0 bridgehead atoms. The third kappa shape index (κ3) is 4.66. The number of anilines is 1. The second kappa shape index (κ2) is 9.59. The van der Waals surface area contributed by atoms with Gasteiger partial charge in [-0.15, -0.1) is 0 Å². The standard InChI is InChI=1S/C22H31N7O4S/c1-3-23-20-17-14-25-29(16-6-10-32-11-7-16)21(17)24-13-18(20)22-26-19(27-33-22)12-15-4-8-28(9-5-15)34(2,30)31/h13-16H,3-12H2,1-2H3,(H,23,24). The number of aromatic nitrogens is 5. The van der Waals surface area contributed by atoms with Gasteiger partial charge in [-0.1, -0.05) is 5.16 Å². The molecular weight excluding hydrogens is 458 g/mol. The Labute approximate surface area is 198 Å². The average molecular weight is 490 g/mol. The highest BCUT2D eigenvalue weighted by Gasteiger charge is 2.27. The molecule has 3 aromatic rings. The summed E-state index contributed by atoms with van der Waals surface area (Å²) in [5.74, 6) is 1.39. The van der Waals surface area contributed by atoms with Crippen LogP contribution in [0.1, 0.15) is 44.5 Å². The van der Waals surface area contributed by atoms with Gasteiger partial charge in [-0.3, -0.25) is 0 Å². The third-order valence-corrected chi connectivity index (χ3v) is 8.03. The average Bonchev–Trinajstić information content (AvgIpc) is 3.47. The molecule has 0 aliphatic carbocycles. The summed E-state index contributed by atoms with van der Waals surface area (Å²) in [7, 11) is -3.13. The van der Waals surface area contributed by atoms with Crippen molar-refractivity contribution in [1.29, 1.82) is 0 Å². The van der Waals surface area contributed by atoms with Crippen molar-refractivity contribution in [3.05, 3.63) is 18.2 Å². The summed E-state index contributed by atoms with van der Waals surface area (Å²) in [6, 6.07) is 0.281. The van der Waals surface area contributed by atoms with Crippen molar-refractivity contribution in [3.63, 3.8) is 0 Å². The molecule has 12 heteroatoms. The van der Waals surface area contributed by atoms with E-state index >= 15 is 0 Å². The molecule has 0 saturated carbocycles. The minimum absolute atomic E-state index is 0.281. The predicted octanol–water partition coefficient (Wildman–Crippen LogP) is 2.48. The second-order valence-electron chi connectivity index (χ2n) is 9.07. The molecule has 0 amide bonds. The first-order chi connectivity index (χ1) is 16.4. The molecule has 184 valence electrons. The minimum Gasteiger partial charge on any atom is -0.384 e. The molecule has 5 heterocycles. The molecule has 2 aliphatic rings. The van der Waals surface area contributed by atoms with E-state index < -0.39 is 10.0 Å². The number of pyridine rings is 1. The van der Waals surface area contributed by atoms with Crippen LogP contribution in [0.4, 0.5) is 5.69 Å². The summed E-state index contributed by atoms with van der Waals surface area (Å²) in [6.07, 6.45) is 8.98. The predicted molar refractivity (Wildman–Crippen MR) is 127 cm³/mol. The highest BCUT2D eigenvalue weighted by atomic mass is 32.2. The van der Waals surface area contributed by atoms with E-state index in [9.17, 15) is 8.42 Å². The Morgan fingerprint density at radius 2 is 1.91 bits per heavy atom. The van der Waals surface area contributed by atoms with Gasteiger partial charge in [0, 0.05) is 45.5 Å². The Bertz CT molecular complexity index is 1240. The molecule has 1 N–H and O–H groups in total. The second-order valence-corrected chi connectivity index (χ2v) is 11.1. The Morgan fingerprint density at radius 1 is 1.15 bits per heavy atom. The van der Waals surface area contributed by atoms with Crippen molar-refractivity contribution in [2.24, 2.45) is 5.92 Å². The topological polar surface area (TPSA) is 128 Å². The first-order valence-electron chi connectivity index (χ1n) is 11.9. The van der Waals surface area contributed by atoms with E-state index in [4.69, 9.17) is 14.2 Å². The van der Waals surface area contributed by atoms with Gasteiger partial charge in [0.1, 0.15) is 0 Å². The zero-order chi connectivity index (χ0) is 23.7. The monoisotopic (exact) mass is 489 g/mol. The number of piperidine rings is 1. The zero-order valence-corrected chi connectivity index (χ0v) is 20.4. The number of sulfonamides is 1. The lowest BCUT2D eigenvalue weighted by molar-refractivity contribution is 0.0673. The lowest BCUT2D eigenvalue weighted by Crippen LogP contribution is -2.38. The number of ether oxygens (including phenoxy) is 1. The van der Waals surface area contributed by atoms with E-state index in [0.29, 0.717) is 37.1 Å². The molecule has 0 atom stereocenters. The van der Waals surface area contributed by atoms with Crippen LogP contribution in [0.5, 0.6) is 0 Å². The molecule has 2 saturated heterocycles. The van der Waals surface area contributed by atoms with Crippen LogP contribution in [0.2, 0.25) is 0 Å². The van der Waals surface area contributed by atoms with Crippen LogP contribution in [0, 0.1) is 5.92 Å². The summed E-state index contributed by atoms with van der Waals surface area (Å²) in [6.45, 7) is 5.33. The molecule has 5 rings (SSSR count). The maximum absolute atomic E-state index is 11.7. The van der Waals surface area contributed by atoms with Gasteiger partial charge in [0.05, 0.1) is 35.1 Å². The zero-order valence-electron chi connectivity index (χ0n) is 19.6. The van der Waals surface area contributed by atoms with Crippen LogP contribution in [0.25, 0.3) is 22.5 Å². The van der Waals surface area contributed by atoms with Crippen LogP contribution in [-0.4, -0.2) is 76.7 Å². The summed E-state index contributed by atoms with van der Waals surface area (Å²) in [5.41, 5.74) is 2.48. The van der Waals surface area contributed by atoms with Gasteiger partial charge in [0.25, 0.3) is 5.89 Å². The summed E-state index contributed by atoms with van der Waals surface area (Å²) >= 11 is 0. The Balaban J connectivity index is 1.36. The number of fused-ring (bicyclic) bond motifs is 1. The van der Waals surface area contributed by atoms with Gasteiger partial charge in [0.2, 0.25) is 10.0 Å². The van der Waals surface area contributed by atoms with Crippen LogP contribution in [0.15, 0.2) is 16.9 Å². The normalized spacial score (nSPS) is 19.1. The number of rotatable bonds is 7. The largest absolute Gasteiger partial charge is 0.384 e. The van der Waals surface area contributed by atoms with Gasteiger partial charge in [-0.25, -0.2) is 22.4 Å². The Morgan fingerprint density at radius 3 is 2.62 bits per heavy atom. The highest BCUT2D eigenvalue weighted by Crippen LogP contribution is 2.35. The number of hydrogen-bond acceptors (Lipinski definition) is 9. The molecule has 0 spiro atoms. The smallest absolute Gasteiger partial charge is 0.261 e. The fourth-order valence-electron chi connectivity index (χ4n) is 4.87. The molecule has 0 unspecified atom stereocenters. The van der Waals surface area contributed by atoms with Crippen molar-refractivity contribution < 1.29 is 17.7 Å². The van der Waals surface area contributed by atoms with Gasteiger partial charge >= 0.3 is 0 Å². The highest BCUT2D eigenvalue weighted by molar-refractivity contribution is 7.88. The number of hydrogen-bond donors (Lipinski definition) is 1. The van der Waals surface area contributed by atoms with E-state index in [1.54, 1.807) is 6.20 Å². The maximum atomic E-state index is 11.7. The summed E-state index contributed by atoms with van der Waals surface area (Å²) < 4.78 is 38.2. The molecule has 34 heavy (non-hydrogen) atoms. The lowest BCUT2D eigenvalue weighted by Gasteiger charge is -2.29. The van der Waals surface area contributed by atoms with Crippen molar-refractivity contribution >= 4 is 26.7 Å². The quantitative estimate of drug-likeness (QED) is 0.532. The molecule has 0 radical (unpaired) electrons. The number of nitrogens with one attached hydrogen (secondary N) is 1. The number of nitrogens with zero attached hydrogens (tertiary/aromatic N) is 6. The maximum Gasteiger partial charge on any atom is 0.261 e. The van der Waals surface area contributed by atoms with E-state index in [-0.39, 0.29) is 6.04 Å².